The lowest BCUT2D eigenvalue weighted by atomic mass is 9.96. The van der Waals surface area contributed by atoms with E-state index < -0.39 is 124 Å². The molecular weight excluding hydrogens is 927 g/mol. The van der Waals surface area contributed by atoms with Gasteiger partial charge in [-0.05, 0) is 12.8 Å². The topological polar surface area (TPSA) is 307 Å². The number of carbonyl (C=O) groups excluding carboxylic acids is 1. The van der Waals surface area contributed by atoms with Crippen LogP contribution in [-0.2, 0) is 33.2 Å². The van der Waals surface area contributed by atoms with Crippen LogP contribution in [-0.4, -0.2) is 193 Å². The average Bonchev–Trinajstić information content (AvgIpc) is 3.37. The lowest BCUT2D eigenvalue weighted by Gasteiger charge is -2.48. The van der Waals surface area contributed by atoms with Crippen LogP contribution < -0.4 is 5.32 Å². The van der Waals surface area contributed by atoms with Gasteiger partial charge in [0.1, 0.15) is 73.2 Å². The highest BCUT2D eigenvalue weighted by atomic mass is 16.8. The number of hydrogen-bond acceptors (Lipinski definition) is 18. The van der Waals surface area contributed by atoms with E-state index >= 15 is 0 Å². The van der Waals surface area contributed by atoms with Crippen LogP contribution in [0.1, 0.15) is 181 Å². The molecule has 3 aliphatic rings. The number of carbonyl (C=O) groups is 1. The predicted molar refractivity (Wildman–Crippen MR) is 263 cm³/mol. The second kappa shape index (κ2) is 37.3. The predicted octanol–water partition coefficient (Wildman–Crippen LogP) is 3.04. The van der Waals surface area contributed by atoms with Crippen molar-refractivity contribution in [2.24, 2.45) is 0 Å². The van der Waals surface area contributed by atoms with Crippen molar-refractivity contribution < 1.29 is 89.4 Å². The van der Waals surface area contributed by atoms with Gasteiger partial charge in [0, 0.05) is 6.42 Å². The molecule has 0 spiro atoms. The van der Waals surface area contributed by atoms with Crippen molar-refractivity contribution in [2.45, 2.75) is 285 Å². The summed E-state index contributed by atoms with van der Waals surface area (Å²) in [5, 5.41) is 118. The summed E-state index contributed by atoms with van der Waals surface area (Å²) in [5.41, 5.74) is 0. The smallest absolute Gasteiger partial charge is 0.220 e. The number of unbranched alkanes of at least 4 members (excludes halogenated alkanes) is 24. The van der Waals surface area contributed by atoms with Crippen molar-refractivity contribution in [3.05, 3.63) is 12.2 Å². The molecule has 0 aliphatic carbocycles. The summed E-state index contributed by atoms with van der Waals surface area (Å²) in [7, 11) is 0. The van der Waals surface area contributed by atoms with Crippen LogP contribution >= 0.6 is 0 Å². The van der Waals surface area contributed by atoms with Crippen LogP contribution in [0, 0.1) is 0 Å². The fourth-order valence-corrected chi connectivity index (χ4v) is 9.51. The average molecular weight is 1020 g/mol. The molecule has 0 aromatic heterocycles. The Morgan fingerprint density at radius 2 is 0.859 bits per heavy atom. The minimum absolute atomic E-state index is 0.126. The summed E-state index contributed by atoms with van der Waals surface area (Å²) in [4.78, 5) is 12.4. The Kier molecular flexibility index (Phi) is 33.5. The van der Waals surface area contributed by atoms with Gasteiger partial charge in [-0.3, -0.25) is 4.79 Å². The van der Waals surface area contributed by atoms with E-state index in [0.717, 1.165) is 25.7 Å². The highest BCUT2D eigenvalue weighted by Crippen LogP contribution is 2.33. The Morgan fingerprint density at radius 3 is 1.27 bits per heavy atom. The lowest BCUT2D eigenvalue weighted by molar-refractivity contribution is -0.379. The first kappa shape index (κ1) is 63.8. The molecule has 3 aliphatic heterocycles. The molecule has 0 radical (unpaired) electrons. The van der Waals surface area contributed by atoms with Crippen LogP contribution in [0.15, 0.2) is 12.2 Å². The molecule has 0 aromatic rings. The second-order valence-corrected chi connectivity index (χ2v) is 20.0. The zero-order chi connectivity index (χ0) is 52.0. The number of nitrogens with one attached hydrogen (secondary N) is 1. The Labute approximate surface area is 423 Å². The summed E-state index contributed by atoms with van der Waals surface area (Å²) in [5.74, 6) is -0.363. The molecule has 418 valence electrons. The summed E-state index contributed by atoms with van der Waals surface area (Å²) >= 11 is 0. The van der Waals surface area contributed by atoms with Crippen molar-refractivity contribution in [2.75, 3.05) is 26.4 Å². The molecule has 3 rings (SSSR count). The molecule has 17 unspecified atom stereocenters. The molecule has 3 heterocycles. The lowest BCUT2D eigenvalue weighted by Crippen LogP contribution is -2.66. The molecule has 71 heavy (non-hydrogen) atoms. The van der Waals surface area contributed by atoms with Gasteiger partial charge in [0.05, 0.1) is 38.6 Å². The zero-order valence-electron chi connectivity index (χ0n) is 43.0. The van der Waals surface area contributed by atoms with E-state index in [1.54, 1.807) is 13.0 Å². The minimum Gasteiger partial charge on any atom is -0.394 e. The number of hydrogen-bond donors (Lipinski definition) is 12. The van der Waals surface area contributed by atoms with Gasteiger partial charge in [-0.15, -0.1) is 0 Å². The van der Waals surface area contributed by atoms with E-state index in [-0.39, 0.29) is 18.9 Å². The normalized spacial score (nSPS) is 32.3. The number of amides is 1. The Morgan fingerprint density at radius 1 is 0.493 bits per heavy atom. The second-order valence-electron chi connectivity index (χ2n) is 20.0. The first-order valence-electron chi connectivity index (χ1n) is 27.4. The van der Waals surface area contributed by atoms with Gasteiger partial charge in [-0.2, -0.15) is 0 Å². The third kappa shape index (κ3) is 22.7. The van der Waals surface area contributed by atoms with E-state index in [2.05, 4.69) is 12.2 Å². The Hall–Kier alpha value is -1.47. The Bertz CT molecular complexity index is 1360. The molecule has 3 fully saturated rings. The highest BCUT2D eigenvalue weighted by molar-refractivity contribution is 5.75. The molecule has 0 bridgehead atoms. The van der Waals surface area contributed by atoms with Gasteiger partial charge in [0.15, 0.2) is 18.9 Å². The molecular formula is C52H97NO18. The highest BCUT2D eigenvalue weighted by Gasteiger charge is 2.53. The van der Waals surface area contributed by atoms with Crippen molar-refractivity contribution in [3.8, 4) is 0 Å². The molecule has 0 aromatic carbocycles. The van der Waals surface area contributed by atoms with E-state index in [1.165, 1.54) is 135 Å². The third-order valence-electron chi connectivity index (χ3n) is 14.1. The summed E-state index contributed by atoms with van der Waals surface area (Å²) < 4.78 is 33.8. The molecule has 12 N–H and O–H groups in total. The van der Waals surface area contributed by atoms with E-state index in [1.807, 2.05) is 6.08 Å². The first-order chi connectivity index (χ1) is 34.3. The number of aliphatic hydroxyl groups excluding tert-OH is 11. The molecule has 19 nitrogen and oxygen atoms in total. The fourth-order valence-electron chi connectivity index (χ4n) is 9.51. The van der Waals surface area contributed by atoms with Crippen LogP contribution in [0.3, 0.4) is 0 Å². The number of rotatable bonds is 39. The van der Waals surface area contributed by atoms with Gasteiger partial charge in [-0.1, -0.05) is 174 Å². The third-order valence-corrected chi connectivity index (χ3v) is 14.1. The van der Waals surface area contributed by atoms with Crippen molar-refractivity contribution in [1.29, 1.82) is 0 Å². The number of ether oxygens (including phenoxy) is 6. The van der Waals surface area contributed by atoms with Gasteiger partial charge in [0.2, 0.25) is 5.91 Å². The molecule has 19 heteroatoms. The van der Waals surface area contributed by atoms with Crippen LogP contribution in [0.2, 0.25) is 0 Å². The first-order valence-corrected chi connectivity index (χ1v) is 27.4. The van der Waals surface area contributed by atoms with Gasteiger partial charge in [-0.25, -0.2) is 0 Å². The minimum atomic E-state index is -1.97. The van der Waals surface area contributed by atoms with Gasteiger partial charge < -0.3 is 89.9 Å². The fraction of sp³-hybridized carbons (Fsp3) is 0.942. The van der Waals surface area contributed by atoms with Crippen LogP contribution in [0.5, 0.6) is 0 Å². The Balaban J connectivity index is 1.32. The van der Waals surface area contributed by atoms with Gasteiger partial charge >= 0.3 is 0 Å². The maximum absolute atomic E-state index is 12.4. The van der Waals surface area contributed by atoms with Crippen molar-refractivity contribution in [3.63, 3.8) is 0 Å². The largest absolute Gasteiger partial charge is 0.394 e. The maximum atomic E-state index is 12.4. The SMILES string of the molecule is CCCCCCCCCCCCCCCCCCCCCCCCCC/C=C/C(O)C(COC1OC(CO)C(OC2OC(CO)C(OC3OC(CO)C(O)C(O)C3O)C(O)C2O)C(O)C1O)NC(=O)CC. The monoisotopic (exact) mass is 1020 g/mol. The zero-order valence-corrected chi connectivity index (χ0v) is 43.0. The summed E-state index contributed by atoms with van der Waals surface area (Å²) in [6, 6.07) is -0.965. The quantitative estimate of drug-likeness (QED) is 0.0311. The van der Waals surface area contributed by atoms with Crippen molar-refractivity contribution in [1.82, 2.24) is 5.32 Å². The molecule has 1 amide bonds. The van der Waals surface area contributed by atoms with E-state index in [9.17, 15) is 61.0 Å². The summed E-state index contributed by atoms with van der Waals surface area (Å²) in [6.45, 7) is 1.15. The van der Waals surface area contributed by atoms with E-state index in [4.69, 9.17) is 28.4 Å². The molecule has 0 saturated carbocycles. The van der Waals surface area contributed by atoms with Gasteiger partial charge in [0.25, 0.3) is 0 Å². The van der Waals surface area contributed by atoms with Crippen molar-refractivity contribution >= 4 is 5.91 Å². The molecule has 17 atom stereocenters. The standard InChI is InChI=1S/C52H97NO18/c1-3-5-6-7-8-9-10-11-12-13-14-15-16-17-18-19-20-21-22-23-24-25-26-27-28-29-30-36(57)35(53-40(58)4-2)34-66-50-46(64)43(61)48(38(32-55)68-50)71-52-47(65)44(62)49(39(33-56)69-52)70-51-45(63)42(60)41(59)37(31-54)67-51/h29-30,35-39,41-52,54-57,59-65H,3-28,31-34H2,1-2H3,(H,53,58)/b30-29+. The number of aliphatic hydroxyl groups is 11. The van der Waals surface area contributed by atoms with Crippen LogP contribution in [0.4, 0.5) is 0 Å². The molecule has 3 saturated heterocycles. The summed E-state index contributed by atoms with van der Waals surface area (Å²) in [6.07, 6.45) is 9.42. The number of allylic oxidation sites excluding steroid dienone is 1. The van der Waals surface area contributed by atoms with E-state index in [0.29, 0.717) is 0 Å². The maximum Gasteiger partial charge on any atom is 0.220 e. The van der Waals surface area contributed by atoms with Crippen LogP contribution in [0.25, 0.3) is 0 Å².